The molecule has 0 aromatic heterocycles. The summed E-state index contributed by atoms with van der Waals surface area (Å²) in [5.41, 5.74) is -6.32. The first-order valence-electron chi connectivity index (χ1n) is 9.83. The highest BCUT2D eigenvalue weighted by Crippen LogP contribution is 2.18. The van der Waals surface area contributed by atoms with Crippen molar-refractivity contribution in [3.8, 4) is 0 Å². The predicted octanol–water partition coefficient (Wildman–Crippen LogP) is -6.47. The third-order valence-corrected chi connectivity index (χ3v) is 3.88. The Morgan fingerprint density at radius 3 is 1.02 bits per heavy atom. The molecular formula is C13H18B4O23. The van der Waals surface area contributed by atoms with Crippen LogP contribution in [0.4, 0.5) is 4.79 Å². The summed E-state index contributed by atoms with van der Waals surface area (Å²) in [6.07, 6.45) is -8.10. The summed E-state index contributed by atoms with van der Waals surface area (Å²) in [6, 6.07) is 0. The fourth-order valence-corrected chi connectivity index (χ4v) is 2.22. The number of hydrogen-bond donors (Lipinski definition) is 10. The minimum Gasteiger partial charge on any atom is -0.486 e. The highest BCUT2D eigenvalue weighted by molar-refractivity contribution is 6.54. The number of rotatable bonds is 18. The number of carbonyl (C=O) groups is 7. The molecule has 0 aliphatic rings. The molecule has 0 saturated carbocycles. The average Bonchev–Trinajstić information content (AvgIpc) is 2.70. The molecule has 2 unspecified atom stereocenters. The summed E-state index contributed by atoms with van der Waals surface area (Å²) >= 11 is 0. The van der Waals surface area contributed by atoms with E-state index in [1.54, 1.807) is 0 Å². The SMILES string of the molecule is O=C(O)CC(O)(CC(=O)OB(O)OB(O)OC(=O)OB(O)OB(O)OC(=O)CC(O)(CC(=O)O)C(=O)O)C(=O)O. The quantitative estimate of drug-likeness (QED) is 0.0668. The van der Waals surface area contributed by atoms with Crippen molar-refractivity contribution in [2.75, 3.05) is 0 Å². The van der Waals surface area contributed by atoms with Crippen molar-refractivity contribution in [1.82, 2.24) is 0 Å². The van der Waals surface area contributed by atoms with E-state index in [-0.39, 0.29) is 0 Å². The van der Waals surface area contributed by atoms with Gasteiger partial charge >= 0.3 is 59.3 Å². The molecule has 0 bridgehead atoms. The number of hydrogen-bond acceptors (Lipinski definition) is 19. The van der Waals surface area contributed by atoms with E-state index in [4.69, 9.17) is 20.4 Å². The van der Waals surface area contributed by atoms with E-state index in [2.05, 4.69) is 27.8 Å². The standard InChI is InChI=1S/C13H18B4O23/c18-5(19)1-12(29,9(24)25)3-7(22)35-14(31)39-16(33)37-11(28)38-17(34)40-15(32)36-8(23)4-13(30,10(26)27)2-6(20)21/h29-34H,1-4H2,(H,18,19)(H,20,21)(H,24,25)(H,26,27). The Bertz CT molecular complexity index is 900. The van der Waals surface area contributed by atoms with Gasteiger partial charge in [0.2, 0.25) is 0 Å². The van der Waals surface area contributed by atoms with E-state index in [0.717, 1.165) is 0 Å². The molecule has 10 N–H and O–H groups in total. The van der Waals surface area contributed by atoms with Gasteiger partial charge in [-0.1, -0.05) is 0 Å². The van der Waals surface area contributed by atoms with E-state index in [1.807, 2.05) is 0 Å². The lowest BCUT2D eigenvalue weighted by atomic mass is 9.95. The second-order valence-corrected chi connectivity index (χ2v) is 7.13. The molecule has 0 aromatic carbocycles. The van der Waals surface area contributed by atoms with E-state index >= 15 is 0 Å². The molecule has 0 amide bonds. The van der Waals surface area contributed by atoms with Gasteiger partial charge in [-0.05, 0) is 0 Å². The summed E-state index contributed by atoms with van der Waals surface area (Å²) in [5, 5.41) is 91.4. The monoisotopic (exact) mass is 586 g/mol. The maximum Gasteiger partial charge on any atom is 0.703 e. The normalized spacial score (nSPS) is 13.3. The van der Waals surface area contributed by atoms with Crippen LogP contribution >= 0.6 is 0 Å². The fourth-order valence-electron chi connectivity index (χ4n) is 2.22. The van der Waals surface area contributed by atoms with Gasteiger partial charge in [0.05, 0.1) is 25.7 Å². The second kappa shape index (κ2) is 15.6. The van der Waals surface area contributed by atoms with Gasteiger partial charge in [-0.2, -0.15) is 0 Å². The van der Waals surface area contributed by atoms with Crippen LogP contribution in [0.1, 0.15) is 25.7 Å². The lowest BCUT2D eigenvalue weighted by Gasteiger charge is -2.20. The van der Waals surface area contributed by atoms with Crippen molar-refractivity contribution in [1.29, 1.82) is 0 Å². The van der Waals surface area contributed by atoms with Crippen LogP contribution in [0.5, 0.6) is 0 Å². The Morgan fingerprint density at radius 2 is 0.775 bits per heavy atom. The average molecular weight is 586 g/mol. The second-order valence-electron chi connectivity index (χ2n) is 7.13. The van der Waals surface area contributed by atoms with E-state index in [1.165, 1.54) is 0 Å². The largest absolute Gasteiger partial charge is 0.703 e. The van der Waals surface area contributed by atoms with Gasteiger partial charge < -0.3 is 78.5 Å². The Morgan fingerprint density at radius 1 is 0.500 bits per heavy atom. The topological polar surface area (TPSA) is 377 Å². The van der Waals surface area contributed by atoms with Gasteiger partial charge in [0.15, 0.2) is 11.2 Å². The van der Waals surface area contributed by atoms with Crippen molar-refractivity contribution in [2.24, 2.45) is 0 Å². The number of carboxylic acids is 4. The minimum atomic E-state index is -3.16. The van der Waals surface area contributed by atoms with Crippen molar-refractivity contribution in [3.05, 3.63) is 0 Å². The molecule has 2 atom stereocenters. The van der Waals surface area contributed by atoms with Gasteiger partial charge in [-0.15, -0.1) is 0 Å². The van der Waals surface area contributed by atoms with Crippen LogP contribution in [-0.2, 0) is 56.5 Å². The third-order valence-electron chi connectivity index (χ3n) is 3.88. The maximum atomic E-state index is 11.6. The van der Waals surface area contributed by atoms with E-state index < -0.39 is 108 Å². The van der Waals surface area contributed by atoms with Crippen LogP contribution < -0.4 is 0 Å². The van der Waals surface area contributed by atoms with Crippen LogP contribution in [-0.4, -0.2) is 133 Å². The molecule has 23 nitrogen and oxygen atoms in total. The molecule has 0 aliphatic carbocycles. The molecule has 0 radical (unpaired) electrons. The molecule has 40 heavy (non-hydrogen) atoms. The van der Waals surface area contributed by atoms with Gasteiger partial charge in [-0.25, -0.2) is 14.4 Å². The molecular weight excluding hydrogens is 567 g/mol. The first-order valence-corrected chi connectivity index (χ1v) is 9.83. The van der Waals surface area contributed by atoms with Gasteiger partial charge in [0, 0.05) is 0 Å². The summed E-state index contributed by atoms with van der Waals surface area (Å²) in [5.74, 6) is -11.5. The van der Waals surface area contributed by atoms with Crippen molar-refractivity contribution >= 4 is 71.3 Å². The van der Waals surface area contributed by atoms with Crippen LogP contribution in [0.15, 0.2) is 0 Å². The lowest BCUT2D eigenvalue weighted by molar-refractivity contribution is -0.170. The zero-order valence-electron chi connectivity index (χ0n) is 19.4. The zero-order valence-corrected chi connectivity index (χ0v) is 19.4. The Kier molecular flexibility index (Phi) is 14.0. The Labute approximate surface area is 221 Å². The third kappa shape index (κ3) is 13.7. The molecule has 27 heteroatoms. The molecule has 0 rings (SSSR count). The molecule has 0 fully saturated rings. The Hall–Kier alpha value is -3.97. The van der Waals surface area contributed by atoms with Crippen molar-refractivity contribution in [3.63, 3.8) is 0 Å². The molecule has 0 saturated heterocycles. The number of carbonyl (C=O) groups excluding carboxylic acids is 3. The first kappa shape index (κ1) is 36.0. The van der Waals surface area contributed by atoms with Crippen LogP contribution in [0, 0.1) is 0 Å². The smallest absolute Gasteiger partial charge is 0.486 e. The molecule has 0 aromatic rings. The number of aliphatic hydroxyl groups is 2. The van der Waals surface area contributed by atoms with Crippen molar-refractivity contribution in [2.45, 2.75) is 36.9 Å². The molecule has 220 valence electrons. The summed E-state index contributed by atoms with van der Waals surface area (Å²) in [4.78, 5) is 77.6. The summed E-state index contributed by atoms with van der Waals surface area (Å²) in [7, 11) is -11.4. The van der Waals surface area contributed by atoms with Crippen LogP contribution in [0.2, 0.25) is 0 Å². The summed E-state index contributed by atoms with van der Waals surface area (Å²) < 4.78 is 23.8. The highest BCUT2D eigenvalue weighted by Gasteiger charge is 2.45. The Balaban J connectivity index is 4.67. The first-order chi connectivity index (χ1) is 18.2. The van der Waals surface area contributed by atoms with Crippen LogP contribution in [0.25, 0.3) is 0 Å². The lowest BCUT2D eigenvalue weighted by Crippen LogP contribution is -2.45. The maximum absolute atomic E-state index is 11.6. The number of carboxylic acid groups (broad SMARTS) is 4. The van der Waals surface area contributed by atoms with Crippen molar-refractivity contribution < 1.29 is 112 Å². The number of aliphatic carboxylic acids is 4. The van der Waals surface area contributed by atoms with E-state index in [0.29, 0.717) is 0 Å². The zero-order chi connectivity index (χ0) is 31.4. The summed E-state index contributed by atoms with van der Waals surface area (Å²) in [6.45, 7) is 0. The highest BCUT2D eigenvalue weighted by atomic mass is 16.8. The fraction of sp³-hybridized carbons (Fsp3) is 0.462. The van der Waals surface area contributed by atoms with Gasteiger partial charge in [0.1, 0.15) is 0 Å². The van der Waals surface area contributed by atoms with Crippen LogP contribution in [0.3, 0.4) is 0 Å². The molecule has 0 heterocycles. The molecule has 0 spiro atoms. The van der Waals surface area contributed by atoms with E-state index in [9.17, 15) is 63.9 Å². The van der Waals surface area contributed by atoms with Gasteiger partial charge in [0.25, 0.3) is 11.9 Å². The van der Waals surface area contributed by atoms with Gasteiger partial charge in [-0.3, -0.25) is 19.2 Å². The minimum absolute atomic E-state index is 1.46. The predicted molar refractivity (Wildman–Crippen MR) is 113 cm³/mol. The molecule has 0 aliphatic heterocycles.